The van der Waals surface area contributed by atoms with Crippen molar-refractivity contribution in [1.29, 1.82) is 0 Å². The van der Waals surface area contributed by atoms with Gasteiger partial charge in [0.05, 0.1) is 17.9 Å². The monoisotopic (exact) mass is 420 g/mol. The fourth-order valence-electron chi connectivity index (χ4n) is 1.83. The number of hydrogen-bond acceptors (Lipinski definition) is 5. The topological polar surface area (TPSA) is 94.0 Å². The summed E-state index contributed by atoms with van der Waals surface area (Å²) in [6.45, 7) is 2.50. The molecule has 0 aliphatic heterocycles. The van der Waals surface area contributed by atoms with Gasteiger partial charge in [-0.2, -0.15) is 0 Å². The van der Waals surface area contributed by atoms with Gasteiger partial charge >= 0.3 is 0 Å². The van der Waals surface area contributed by atoms with E-state index in [0.717, 1.165) is 4.47 Å². The van der Waals surface area contributed by atoms with Gasteiger partial charge in [0.2, 0.25) is 15.9 Å². The van der Waals surface area contributed by atoms with Crippen LogP contribution < -0.4 is 4.72 Å². The molecular formula is C13H14BrClN4O3S. The number of carbonyl (C=O) groups excluding carboxylic acids is 1. The molecule has 2 aromatic rings. The molecular weight excluding hydrogens is 408 g/mol. The van der Waals surface area contributed by atoms with Gasteiger partial charge < -0.3 is 0 Å². The van der Waals surface area contributed by atoms with E-state index in [-0.39, 0.29) is 12.2 Å². The highest BCUT2D eigenvalue weighted by atomic mass is 79.9. The molecule has 2 rings (SSSR count). The van der Waals surface area contributed by atoms with Crippen LogP contribution in [0.4, 0.5) is 0 Å². The predicted octanol–water partition coefficient (Wildman–Crippen LogP) is 1.90. The summed E-state index contributed by atoms with van der Waals surface area (Å²) in [7, 11) is -3.84. The average Bonchev–Trinajstić information content (AvgIpc) is 2.88. The Kier molecular flexibility index (Phi) is 5.77. The highest BCUT2D eigenvalue weighted by Gasteiger charge is 2.18. The van der Waals surface area contributed by atoms with Gasteiger partial charge in [0.25, 0.3) is 0 Å². The molecule has 1 amide bonds. The number of hydrogen-bond donors (Lipinski definition) is 1. The van der Waals surface area contributed by atoms with Crippen molar-refractivity contribution in [2.24, 2.45) is 0 Å². The Balaban J connectivity index is 2.01. The standard InChI is InChI=1S/C13H14BrClN4O3S/c1-2-19-7-11(16-18-19)6-13(20)17-23(21,22)8-9-3-4-10(14)5-12(9)15/h3-5,7H,2,6,8H2,1H3,(H,17,20). The maximum Gasteiger partial charge on any atom is 0.239 e. The highest BCUT2D eigenvalue weighted by Crippen LogP contribution is 2.22. The van der Waals surface area contributed by atoms with Crippen molar-refractivity contribution in [3.8, 4) is 0 Å². The summed E-state index contributed by atoms with van der Waals surface area (Å²) in [6, 6.07) is 4.86. The average molecular weight is 422 g/mol. The molecule has 10 heteroatoms. The van der Waals surface area contributed by atoms with Crippen molar-refractivity contribution in [2.75, 3.05) is 0 Å². The lowest BCUT2D eigenvalue weighted by Gasteiger charge is -2.08. The van der Waals surface area contributed by atoms with Crippen LogP contribution in [0.25, 0.3) is 0 Å². The van der Waals surface area contributed by atoms with Crippen LogP contribution in [0.1, 0.15) is 18.2 Å². The van der Waals surface area contributed by atoms with E-state index in [2.05, 4.69) is 26.2 Å². The van der Waals surface area contributed by atoms with E-state index in [0.29, 0.717) is 22.8 Å². The quantitative estimate of drug-likeness (QED) is 0.769. The number of rotatable bonds is 6. The molecule has 0 saturated heterocycles. The summed E-state index contributed by atoms with van der Waals surface area (Å²) >= 11 is 9.24. The predicted molar refractivity (Wildman–Crippen MR) is 89.3 cm³/mol. The molecule has 0 spiro atoms. The molecule has 0 aliphatic carbocycles. The van der Waals surface area contributed by atoms with Crippen LogP contribution in [-0.2, 0) is 33.5 Å². The Morgan fingerprint density at radius 1 is 1.43 bits per heavy atom. The number of halogens is 2. The molecule has 0 atom stereocenters. The number of benzene rings is 1. The zero-order valence-electron chi connectivity index (χ0n) is 12.2. The number of nitrogens with one attached hydrogen (secondary N) is 1. The van der Waals surface area contributed by atoms with Gasteiger partial charge in [0.15, 0.2) is 0 Å². The molecule has 1 aromatic carbocycles. The van der Waals surface area contributed by atoms with Crippen LogP contribution in [0, 0.1) is 0 Å². The minimum atomic E-state index is -3.84. The van der Waals surface area contributed by atoms with E-state index in [1.54, 1.807) is 29.1 Å². The summed E-state index contributed by atoms with van der Waals surface area (Å²) < 4.78 is 28.4. The summed E-state index contributed by atoms with van der Waals surface area (Å²) in [5.74, 6) is -1.05. The zero-order valence-corrected chi connectivity index (χ0v) is 15.3. The Morgan fingerprint density at radius 3 is 2.78 bits per heavy atom. The Morgan fingerprint density at radius 2 is 2.17 bits per heavy atom. The van der Waals surface area contributed by atoms with Gasteiger partial charge in [-0.05, 0) is 24.6 Å². The van der Waals surface area contributed by atoms with Gasteiger partial charge in [0, 0.05) is 22.2 Å². The van der Waals surface area contributed by atoms with Gasteiger partial charge in [-0.3, -0.25) is 14.2 Å². The van der Waals surface area contributed by atoms with E-state index in [9.17, 15) is 13.2 Å². The molecule has 1 aromatic heterocycles. The van der Waals surface area contributed by atoms with Crippen molar-refractivity contribution >= 4 is 43.5 Å². The zero-order chi connectivity index (χ0) is 17.0. The fraction of sp³-hybridized carbons (Fsp3) is 0.308. The maximum atomic E-state index is 12.1. The van der Waals surface area contributed by atoms with Crippen molar-refractivity contribution < 1.29 is 13.2 Å². The maximum absolute atomic E-state index is 12.1. The molecule has 1 N–H and O–H groups in total. The first-order chi connectivity index (χ1) is 10.8. The number of amides is 1. The van der Waals surface area contributed by atoms with Gasteiger partial charge in [-0.25, -0.2) is 8.42 Å². The Bertz CT molecular complexity index is 822. The van der Waals surface area contributed by atoms with Crippen molar-refractivity contribution in [3.05, 3.63) is 45.1 Å². The van der Waals surface area contributed by atoms with Gasteiger partial charge in [0.1, 0.15) is 0 Å². The minimum absolute atomic E-state index is 0.159. The molecule has 1 heterocycles. The van der Waals surface area contributed by atoms with Crippen molar-refractivity contribution in [3.63, 3.8) is 0 Å². The molecule has 0 fully saturated rings. The molecule has 0 bridgehead atoms. The smallest absolute Gasteiger partial charge is 0.239 e. The lowest BCUT2D eigenvalue weighted by atomic mass is 10.2. The molecule has 0 radical (unpaired) electrons. The fourth-order valence-corrected chi connectivity index (χ4v) is 3.80. The second kappa shape index (κ2) is 7.41. The number of aromatic nitrogens is 3. The van der Waals surface area contributed by atoms with Crippen LogP contribution >= 0.6 is 27.5 Å². The van der Waals surface area contributed by atoms with Gasteiger partial charge in [-0.1, -0.05) is 38.8 Å². The SMILES string of the molecule is CCn1cc(CC(=O)NS(=O)(=O)Cc2ccc(Br)cc2Cl)nn1. The molecule has 7 nitrogen and oxygen atoms in total. The van der Waals surface area contributed by atoms with E-state index in [1.807, 2.05) is 11.6 Å². The first-order valence-electron chi connectivity index (χ1n) is 6.65. The van der Waals surface area contributed by atoms with Crippen LogP contribution in [0.2, 0.25) is 5.02 Å². The summed E-state index contributed by atoms with van der Waals surface area (Å²) in [5.41, 5.74) is 0.813. The second-order valence-corrected chi connectivity index (χ2v) is 7.81. The van der Waals surface area contributed by atoms with Crippen molar-refractivity contribution in [1.82, 2.24) is 19.7 Å². The number of aryl methyl sites for hydroxylation is 1. The summed E-state index contributed by atoms with van der Waals surface area (Å²) in [6.07, 6.45) is 1.44. The second-order valence-electron chi connectivity index (χ2n) is 4.76. The summed E-state index contributed by atoms with van der Waals surface area (Å²) in [5, 5.41) is 7.89. The molecule has 0 aliphatic rings. The molecule has 124 valence electrons. The summed E-state index contributed by atoms with van der Waals surface area (Å²) in [4.78, 5) is 11.8. The van der Waals surface area contributed by atoms with Crippen LogP contribution in [0.3, 0.4) is 0 Å². The van der Waals surface area contributed by atoms with E-state index < -0.39 is 15.9 Å². The third-order valence-corrected chi connectivity index (χ3v) is 4.96. The molecule has 0 saturated carbocycles. The largest absolute Gasteiger partial charge is 0.274 e. The van der Waals surface area contributed by atoms with Gasteiger partial charge in [-0.15, -0.1) is 5.10 Å². The minimum Gasteiger partial charge on any atom is -0.274 e. The first-order valence-corrected chi connectivity index (χ1v) is 9.47. The number of sulfonamides is 1. The molecule has 23 heavy (non-hydrogen) atoms. The van der Waals surface area contributed by atoms with E-state index in [1.165, 1.54) is 0 Å². The van der Waals surface area contributed by atoms with E-state index >= 15 is 0 Å². The Hall–Kier alpha value is -1.45. The lowest BCUT2D eigenvalue weighted by molar-refractivity contribution is -0.118. The third-order valence-electron chi connectivity index (χ3n) is 2.88. The van der Waals surface area contributed by atoms with Crippen molar-refractivity contribution in [2.45, 2.75) is 25.6 Å². The number of nitrogens with zero attached hydrogens (tertiary/aromatic N) is 3. The van der Waals surface area contributed by atoms with E-state index in [4.69, 9.17) is 11.6 Å². The normalized spacial score (nSPS) is 11.4. The number of carbonyl (C=O) groups is 1. The lowest BCUT2D eigenvalue weighted by Crippen LogP contribution is -2.32. The molecule has 0 unspecified atom stereocenters. The highest BCUT2D eigenvalue weighted by molar-refractivity contribution is 9.10. The Labute approximate surface area is 147 Å². The van der Waals surface area contributed by atoms with Crippen LogP contribution in [0.5, 0.6) is 0 Å². The van der Waals surface area contributed by atoms with Crippen LogP contribution in [-0.4, -0.2) is 29.3 Å². The third kappa shape index (κ3) is 5.29. The first kappa shape index (κ1) is 17.9. The van der Waals surface area contributed by atoms with Crippen LogP contribution in [0.15, 0.2) is 28.9 Å².